The van der Waals surface area contributed by atoms with Gasteiger partial charge in [0, 0.05) is 23.6 Å². The fourth-order valence-corrected chi connectivity index (χ4v) is 2.39. The second-order valence-electron chi connectivity index (χ2n) is 4.80. The molecule has 1 N–H and O–H groups in total. The van der Waals surface area contributed by atoms with Gasteiger partial charge >= 0.3 is 0 Å². The van der Waals surface area contributed by atoms with E-state index in [-0.39, 0.29) is 0 Å². The molecule has 1 fully saturated rings. The Morgan fingerprint density at radius 2 is 2.06 bits per heavy atom. The number of hydrogen-bond donors (Lipinski definition) is 1. The molecule has 0 saturated heterocycles. The summed E-state index contributed by atoms with van der Waals surface area (Å²) in [6.45, 7) is 2.19. The minimum Gasteiger partial charge on any atom is -0.472 e. The molecule has 17 heavy (non-hydrogen) atoms. The van der Waals surface area contributed by atoms with Crippen LogP contribution in [-0.2, 0) is 0 Å². The van der Waals surface area contributed by atoms with E-state index < -0.39 is 0 Å². The van der Waals surface area contributed by atoms with Crippen LogP contribution in [-0.4, -0.2) is 6.04 Å². The van der Waals surface area contributed by atoms with Crippen molar-refractivity contribution in [2.45, 2.75) is 31.3 Å². The average molecular weight is 227 g/mol. The molecule has 88 valence electrons. The van der Waals surface area contributed by atoms with Crippen LogP contribution in [0.2, 0.25) is 0 Å². The van der Waals surface area contributed by atoms with E-state index in [4.69, 9.17) is 4.42 Å². The first-order valence-corrected chi connectivity index (χ1v) is 6.17. The van der Waals surface area contributed by atoms with Crippen LogP contribution >= 0.6 is 0 Å². The quantitative estimate of drug-likeness (QED) is 0.865. The molecular weight excluding hydrogens is 210 g/mol. The van der Waals surface area contributed by atoms with Crippen LogP contribution in [0.25, 0.3) is 0 Å². The molecule has 2 aromatic rings. The van der Waals surface area contributed by atoms with E-state index in [2.05, 4.69) is 42.6 Å². The van der Waals surface area contributed by atoms with Gasteiger partial charge in [-0.05, 0) is 25.0 Å². The first-order valence-electron chi connectivity index (χ1n) is 6.17. The predicted molar refractivity (Wildman–Crippen MR) is 67.8 cm³/mol. The molecule has 1 heterocycles. The number of benzene rings is 1. The fourth-order valence-electron chi connectivity index (χ4n) is 2.39. The normalized spacial score (nSPS) is 24.5. The average Bonchev–Trinajstić information content (AvgIpc) is 2.92. The van der Waals surface area contributed by atoms with E-state index in [0.717, 1.165) is 0 Å². The first-order chi connectivity index (χ1) is 8.34. The van der Waals surface area contributed by atoms with Gasteiger partial charge in [-0.2, -0.15) is 0 Å². The predicted octanol–water partition coefficient (Wildman–Crippen LogP) is 3.49. The van der Waals surface area contributed by atoms with Crippen molar-refractivity contribution in [2.75, 3.05) is 0 Å². The smallest absolute Gasteiger partial charge is 0.0950 e. The van der Waals surface area contributed by atoms with Gasteiger partial charge in [-0.3, -0.25) is 0 Å². The molecule has 0 bridgehead atoms. The summed E-state index contributed by atoms with van der Waals surface area (Å²) in [6.07, 6.45) is 4.79. The van der Waals surface area contributed by atoms with Crippen LogP contribution in [0.5, 0.6) is 0 Å². The lowest BCUT2D eigenvalue weighted by Gasteiger charge is -2.11. The van der Waals surface area contributed by atoms with Crippen molar-refractivity contribution in [3.05, 3.63) is 60.1 Å². The van der Waals surface area contributed by atoms with Crippen molar-refractivity contribution >= 4 is 0 Å². The molecule has 2 heteroatoms. The summed E-state index contributed by atoms with van der Waals surface area (Å²) in [5.41, 5.74) is 2.67. The molecule has 3 unspecified atom stereocenters. The Labute approximate surface area is 102 Å². The molecule has 0 radical (unpaired) electrons. The zero-order chi connectivity index (χ0) is 11.7. The summed E-state index contributed by atoms with van der Waals surface area (Å²) in [5, 5.41) is 3.64. The van der Waals surface area contributed by atoms with E-state index >= 15 is 0 Å². The van der Waals surface area contributed by atoms with E-state index in [1.54, 1.807) is 6.26 Å². The summed E-state index contributed by atoms with van der Waals surface area (Å²) in [4.78, 5) is 0. The molecule has 2 nitrogen and oxygen atoms in total. The van der Waals surface area contributed by atoms with E-state index in [9.17, 15) is 0 Å². The zero-order valence-corrected chi connectivity index (χ0v) is 9.97. The van der Waals surface area contributed by atoms with Gasteiger partial charge in [0.15, 0.2) is 0 Å². The Morgan fingerprint density at radius 3 is 2.76 bits per heavy atom. The van der Waals surface area contributed by atoms with E-state index in [0.29, 0.717) is 18.0 Å². The molecule has 1 aromatic heterocycles. The zero-order valence-electron chi connectivity index (χ0n) is 9.97. The highest BCUT2D eigenvalue weighted by molar-refractivity contribution is 5.28. The van der Waals surface area contributed by atoms with Gasteiger partial charge in [0.25, 0.3) is 0 Å². The molecule has 1 aliphatic rings. The maximum Gasteiger partial charge on any atom is 0.0950 e. The minimum absolute atomic E-state index is 0.368. The number of nitrogens with one attached hydrogen (secondary N) is 1. The van der Waals surface area contributed by atoms with Crippen LogP contribution < -0.4 is 5.32 Å². The lowest BCUT2D eigenvalue weighted by Crippen LogP contribution is -2.21. The highest BCUT2D eigenvalue weighted by atomic mass is 16.3. The Morgan fingerprint density at radius 1 is 1.24 bits per heavy atom. The van der Waals surface area contributed by atoms with Crippen LogP contribution in [0.4, 0.5) is 0 Å². The van der Waals surface area contributed by atoms with Crippen LogP contribution in [0.1, 0.15) is 36.4 Å². The molecule has 3 atom stereocenters. The summed E-state index contributed by atoms with van der Waals surface area (Å²) < 4.78 is 5.11. The third-order valence-electron chi connectivity index (χ3n) is 3.53. The molecule has 1 saturated carbocycles. The Balaban J connectivity index is 1.59. The number of hydrogen-bond acceptors (Lipinski definition) is 2. The fraction of sp³-hybridized carbons (Fsp3) is 0.333. The standard InChI is InChI=1S/C15H17NO/c1-11(13-7-8-17-10-13)16-15-9-14(15)12-5-3-2-4-6-12/h2-8,10-11,14-16H,9H2,1H3. The monoisotopic (exact) mass is 227 g/mol. The molecule has 3 rings (SSSR count). The number of rotatable bonds is 4. The molecule has 0 aliphatic heterocycles. The van der Waals surface area contributed by atoms with Crippen molar-refractivity contribution in [3.8, 4) is 0 Å². The third kappa shape index (κ3) is 2.27. The summed E-state index contributed by atoms with van der Waals surface area (Å²) >= 11 is 0. The van der Waals surface area contributed by atoms with Gasteiger partial charge in [-0.25, -0.2) is 0 Å². The van der Waals surface area contributed by atoms with Crippen LogP contribution in [0.15, 0.2) is 53.3 Å². The maximum atomic E-state index is 5.11. The highest BCUT2D eigenvalue weighted by Gasteiger charge is 2.38. The van der Waals surface area contributed by atoms with Crippen molar-refractivity contribution in [2.24, 2.45) is 0 Å². The topological polar surface area (TPSA) is 25.2 Å². The van der Waals surface area contributed by atoms with Gasteiger partial charge in [-0.15, -0.1) is 0 Å². The van der Waals surface area contributed by atoms with Crippen LogP contribution in [0.3, 0.4) is 0 Å². The van der Waals surface area contributed by atoms with Crippen molar-refractivity contribution < 1.29 is 4.42 Å². The maximum absolute atomic E-state index is 5.11. The summed E-state index contributed by atoms with van der Waals surface area (Å²) in [7, 11) is 0. The van der Waals surface area contributed by atoms with Gasteiger partial charge < -0.3 is 9.73 Å². The lowest BCUT2D eigenvalue weighted by molar-refractivity contribution is 0.533. The Bertz CT molecular complexity index is 463. The molecule has 1 aliphatic carbocycles. The lowest BCUT2D eigenvalue weighted by atomic mass is 10.1. The van der Waals surface area contributed by atoms with Gasteiger partial charge in [0.1, 0.15) is 0 Å². The first kappa shape index (κ1) is 10.6. The highest BCUT2D eigenvalue weighted by Crippen LogP contribution is 2.41. The minimum atomic E-state index is 0.368. The molecule has 0 amide bonds. The second kappa shape index (κ2) is 4.38. The van der Waals surface area contributed by atoms with Crippen molar-refractivity contribution in [1.29, 1.82) is 0 Å². The van der Waals surface area contributed by atoms with Gasteiger partial charge in [-0.1, -0.05) is 30.3 Å². The van der Waals surface area contributed by atoms with E-state index in [1.165, 1.54) is 17.5 Å². The largest absolute Gasteiger partial charge is 0.472 e. The van der Waals surface area contributed by atoms with Crippen molar-refractivity contribution in [3.63, 3.8) is 0 Å². The number of furan rings is 1. The third-order valence-corrected chi connectivity index (χ3v) is 3.53. The Kier molecular flexibility index (Phi) is 2.73. The second-order valence-corrected chi connectivity index (χ2v) is 4.80. The van der Waals surface area contributed by atoms with Crippen molar-refractivity contribution in [1.82, 2.24) is 5.32 Å². The molecular formula is C15H17NO. The Hall–Kier alpha value is -1.54. The van der Waals surface area contributed by atoms with Gasteiger partial charge in [0.2, 0.25) is 0 Å². The van der Waals surface area contributed by atoms with E-state index in [1.807, 2.05) is 12.3 Å². The molecule has 1 aromatic carbocycles. The SMILES string of the molecule is CC(NC1CC1c1ccccc1)c1ccoc1. The van der Waals surface area contributed by atoms with Crippen LogP contribution in [0, 0.1) is 0 Å². The summed E-state index contributed by atoms with van der Waals surface area (Å²) in [5.74, 6) is 0.686. The molecule has 0 spiro atoms. The summed E-state index contributed by atoms with van der Waals surface area (Å²) in [6, 6.07) is 13.7. The van der Waals surface area contributed by atoms with Gasteiger partial charge in [0.05, 0.1) is 12.5 Å².